The van der Waals surface area contributed by atoms with Gasteiger partial charge in [0.2, 0.25) is 6.10 Å². The number of halogens is 2. The van der Waals surface area contributed by atoms with Gasteiger partial charge in [-0.15, -0.1) is 0 Å². The van der Waals surface area contributed by atoms with Gasteiger partial charge >= 0.3 is 0 Å². The number of hydrogen-bond acceptors (Lipinski definition) is 4. The van der Waals surface area contributed by atoms with Crippen molar-refractivity contribution in [3.05, 3.63) is 63.5 Å². The number of anilines is 1. The van der Waals surface area contributed by atoms with Gasteiger partial charge in [0.1, 0.15) is 11.5 Å². The predicted octanol–water partition coefficient (Wildman–Crippen LogP) is 5.34. The number of nitrogens with one attached hydrogen (secondary N) is 1. The van der Waals surface area contributed by atoms with Gasteiger partial charge < -0.3 is 14.6 Å². The molecule has 3 aromatic rings. The fraction of sp³-hybridized carbons (Fsp3) is 0.158. The van der Waals surface area contributed by atoms with Crippen molar-refractivity contribution in [1.29, 1.82) is 0 Å². The molecular formula is C19H14Cl2N2O3. The summed E-state index contributed by atoms with van der Waals surface area (Å²) in [6, 6.07) is 10.6. The van der Waals surface area contributed by atoms with E-state index in [0.29, 0.717) is 27.0 Å². The highest BCUT2D eigenvalue weighted by Crippen LogP contribution is 2.40. The third-order valence-corrected chi connectivity index (χ3v) is 5.03. The maximum atomic E-state index is 12.4. The normalized spacial score (nSPS) is 16.0. The minimum absolute atomic E-state index is 0.263. The van der Waals surface area contributed by atoms with E-state index in [2.05, 4.69) is 10.5 Å². The highest BCUT2D eigenvalue weighted by Gasteiger charge is 2.30. The smallest absolute Gasteiger partial charge is 0.270 e. The zero-order valence-electron chi connectivity index (χ0n) is 14.0. The van der Waals surface area contributed by atoms with Crippen LogP contribution in [0.15, 0.2) is 40.9 Å². The van der Waals surface area contributed by atoms with Gasteiger partial charge in [0.25, 0.3) is 5.91 Å². The average Bonchev–Trinajstić information content (AvgIpc) is 2.95. The Morgan fingerprint density at radius 2 is 1.88 bits per heavy atom. The van der Waals surface area contributed by atoms with Crippen molar-refractivity contribution in [3.63, 3.8) is 0 Å². The van der Waals surface area contributed by atoms with Crippen molar-refractivity contribution < 1.29 is 14.1 Å². The third-order valence-electron chi connectivity index (χ3n) is 4.29. The summed E-state index contributed by atoms with van der Waals surface area (Å²) >= 11 is 12.0. The molecule has 26 heavy (non-hydrogen) atoms. The van der Waals surface area contributed by atoms with Gasteiger partial charge in [0, 0.05) is 11.1 Å². The molecule has 1 aliphatic heterocycles. The fourth-order valence-corrected chi connectivity index (χ4v) is 3.35. The second kappa shape index (κ2) is 6.34. The van der Waals surface area contributed by atoms with E-state index in [0.717, 1.165) is 22.6 Å². The SMILES string of the molecule is Cc1noc(C)c1-c1ccc2c(c1)OC(c1ccc(Cl)c(Cl)c1)C(=O)N2. The molecule has 1 unspecified atom stereocenters. The molecule has 0 bridgehead atoms. The number of benzene rings is 2. The summed E-state index contributed by atoms with van der Waals surface area (Å²) in [4.78, 5) is 12.4. The Hall–Kier alpha value is -2.50. The van der Waals surface area contributed by atoms with E-state index in [1.54, 1.807) is 24.3 Å². The quantitative estimate of drug-likeness (QED) is 0.643. The van der Waals surface area contributed by atoms with Gasteiger partial charge in [-0.2, -0.15) is 0 Å². The van der Waals surface area contributed by atoms with Gasteiger partial charge in [0.15, 0.2) is 0 Å². The number of carbonyl (C=O) groups excluding carboxylic acids is 1. The van der Waals surface area contributed by atoms with Crippen molar-refractivity contribution in [2.75, 3.05) is 5.32 Å². The molecule has 5 nitrogen and oxygen atoms in total. The second-order valence-electron chi connectivity index (χ2n) is 6.07. The molecule has 4 rings (SSSR count). The van der Waals surface area contributed by atoms with Crippen LogP contribution in [0, 0.1) is 13.8 Å². The lowest BCUT2D eigenvalue weighted by Crippen LogP contribution is -2.30. The standard InChI is InChI=1S/C19H14Cl2N2O3/c1-9-17(10(2)26-23-9)11-4-6-15-16(8-11)25-18(19(24)22-15)12-3-5-13(20)14(21)7-12/h3-8,18H,1-2H3,(H,22,24). The molecule has 0 spiro atoms. The van der Waals surface area contributed by atoms with E-state index < -0.39 is 6.10 Å². The summed E-state index contributed by atoms with van der Waals surface area (Å²) in [7, 11) is 0. The summed E-state index contributed by atoms with van der Waals surface area (Å²) in [5, 5.41) is 7.64. The van der Waals surface area contributed by atoms with E-state index in [9.17, 15) is 4.79 Å². The zero-order chi connectivity index (χ0) is 18.4. The molecule has 0 fully saturated rings. The Balaban J connectivity index is 1.73. The van der Waals surface area contributed by atoms with Gasteiger partial charge in [-0.05, 0) is 43.7 Å². The van der Waals surface area contributed by atoms with E-state index in [-0.39, 0.29) is 5.91 Å². The zero-order valence-corrected chi connectivity index (χ0v) is 15.5. The Labute approximate surface area is 159 Å². The number of hydrogen-bond donors (Lipinski definition) is 1. The fourth-order valence-electron chi connectivity index (χ4n) is 3.05. The largest absolute Gasteiger partial charge is 0.474 e. The number of ether oxygens (including phenoxy) is 1. The summed E-state index contributed by atoms with van der Waals surface area (Å²) < 4.78 is 11.2. The number of aromatic nitrogens is 1. The monoisotopic (exact) mass is 388 g/mol. The van der Waals surface area contributed by atoms with Crippen molar-refractivity contribution in [2.45, 2.75) is 20.0 Å². The predicted molar refractivity (Wildman–Crippen MR) is 99.9 cm³/mol. The maximum absolute atomic E-state index is 12.4. The number of carbonyl (C=O) groups is 1. The number of nitrogens with zero attached hydrogens (tertiary/aromatic N) is 1. The van der Waals surface area contributed by atoms with Crippen molar-refractivity contribution in [3.8, 4) is 16.9 Å². The van der Waals surface area contributed by atoms with E-state index >= 15 is 0 Å². The van der Waals surface area contributed by atoms with Crippen LogP contribution >= 0.6 is 23.2 Å². The van der Waals surface area contributed by atoms with Crippen LogP contribution in [0.3, 0.4) is 0 Å². The maximum Gasteiger partial charge on any atom is 0.270 e. The molecule has 132 valence electrons. The minimum Gasteiger partial charge on any atom is -0.474 e. The van der Waals surface area contributed by atoms with Gasteiger partial charge in [-0.25, -0.2) is 0 Å². The van der Waals surface area contributed by atoms with Gasteiger partial charge in [-0.1, -0.05) is 40.5 Å². The number of aryl methyl sites for hydroxylation is 2. The lowest BCUT2D eigenvalue weighted by molar-refractivity contribution is -0.123. The van der Waals surface area contributed by atoms with E-state index in [4.69, 9.17) is 32.5 Å². The Morgan fingerprint density at radius 1 is 1.08 bits per heavy atom. The molecule has 1 aromatic heterocycles. The molecule has 0 saturated carbocycles. The summed E-state index contributed by atoms with van der Waals surface area (Å²) in [5.74, 6) is 1.03. The van der Waals surface area contributed by atoms with Crippen LogP contribution in [0.1, 0.15) is 23.1 Å². The highest BCUT2D eigenvalue weighted by molar-refractivity contribution is 6.42. The first-order valence-electron chi connectivity index (χ1n) is 7.94. The minimum atomic E-state index is -0.808. The van der Waals surface area contributed by atoms with Crippen LogP contribution in [-0.2, 0) is 4.79 Å². The molecule has 2 heterocycles. The first kappa shape index (κ1) is 16.9. The molecule has 2 aromatic carbocycles. The summed E-state index contributed by atoms with van der Waals surface area (Å²) in [6.45, 7) is 3.74. The topological polar surface area (TPSA) is 64.4 Å². The van der Waals surface area contributed by atoms with Gasteiger partial charge in [0.05, 0.1) is 21.4 Å². The van der Waals surface area contributed by atoms with Crippen LogP contribution in [0.2, 0.25) is 10.0 Å². The molecular weight excluding hydrogens is 375 g/mol. The Kier molecular flexibility index (Phi) is 4.13. The second-order valence-corrected chi connectivity index (χ2v) is 6.89. The molecule has 1 N–H and O–H groups in total. The molecule has 0 radical (unpaired) electrons. The lowest BCUT2D eigenvalue weighted by Gasteiger charge is -2.26. The third kappa shape index (κ3) is 2.83. The van der Waals surface area contributed by atoms with E-state index in [1.807, 2.05) is 26.0 Å². The van der Waals surface area contributed by atoms with Crippen molar-refractivity contribution in [1.82, 2.24) is 5.16 Å². The Morgan fingerprint density at radius 3 is 2.58 bits per heavy atom. The number of amides is 1. The van der Waals surface area contributed by atoms with E-state index in [1.165, 1.54) is 0 Å². The van der Waals surface area contributed by atoms with Crippen LogP contribution in [0.4, 0.5) is 5.69 Å². The first-order valence-corrected chi connectivity index (χ1v) is 8.69. The molecule has 0 aliphatic carbocycles. The van der Waals surface area contributed by atoms with Gasteiger partial charge in [-0.3, -0.25) is 4.79 Å². The highest BCUT2D eigenvalue weighted by atomic mass is 35.5. The average molecular weight is 389 g/mol. The molecule has 1 amide bonds. The van der Waals surface area contributed by atoms with Crippen LogP contribution < -0.4 is 10.1 Å². The van der Waals surface area contributed by atoms with Crippen molar-refractivity contribution >= 4 is 34.8 Å². The van der Waals surface area contributed by atoms with Crippen LogP contribution in [-0.4, -0.2) is 11.1 Å². The summed E-state index contributed by atoms with van der Waals surface area (Å²) in [5.41, 5.74) is 3.86. The first-order chi connectivity index (χ1) is 12.4. The lowest BCUT2D eigenvalue weighted by atomic mass is 10.0. The molecule has 7 heteroatoms. The molecule has 1 aliphatic rings. The number of fused-ring (bicyclic) bond motifs is 1. The number of rotatable bonds is 2. The van der Waals surface area contributed by atoms with Crippen LogP contribution in [0.5, 0.6) is 5.75 Å². The molecule has 0 saturated heterocycles. The molecule has 1 atom stereocenters. The Bertz CT molecular complexity index is 1010. The summed E-state index contributed by atoms with van der Waals surface area (Å²) in [6.07, 6.45) is -0.808. The van der Waals surface area contributed by atoms with Crippen LogP contribution in [0.25, 0.3) is 11.1 Å². The van der Waals surface area contributed by atoms with Crippen molar-refractivity contribution in [2.24, 2.45) is 0 Å².